The summed E-state index contributed by atoms with van der Waals surface area (Å²) in [5, 5.41) is 32.4. The summed E-state index contributed by atoms with van der Waals surface area (Å²) in [6, 6.07) is 11.8. The summed E-state index contributed by atoms with van der Waals surface area (Å²) in [4.78, 5) is 81.5. The SMILES string of the molecule is CCCCc1ccc(-c2ccc(C(=O)NCCC(=O)N[C@@H](CCCCN)C(=O)N3CCC[C@H]3C(=O)N[C@@H](CC)C(=O)N[C@@H](CCCCN)C(=O)N[C@@H](C)B(O)O)cc2)cc1. The number of carbonyl (C=O) groups is 6. The molecule has 0 aromatic heterocycles. The van der Waals surface area contributed by atoms with Crippen LogP contribution >= 0.6 is 0 Å². The van der Waals surface area contributed by atoms with E-state index in [2.05, 4.69) is 57.8 Å². The lowest BCUT2D eigenvalue weighted by Crippen LogP contribution is -2.58. The maximum Gasteiger partial charge on any atom is 0.475 e. The van der Waals surface area contributed by atoms with Crippen molar-refractivity contribution in [1.29, 1.82) is 0 Å². The zero-order valence-electron chi connectivity index (χ0n) is 35.5. The van der Waals surface area contributed by atoms with Gasteiger partial charge in [0, 0.05) is 25.1 Å². The summed E-state index contributed by atoms with van der Waals surface area (Å²) in [6.45, 7) is 6.40. The van der Waals surface area contributed by atoms with Crippen LogP contribution in [0.5, 0.6) is 0 Å². The Labute approximate surface area is 354 Å². The molecule has 2 aromatic rings. The molecule has 0 bridgehead atoms. The van der Waals surface area contributed by atoms with Gasteiger partial charge in [-0.15, -0.1) is 0 Å². The third-order valence-corrected chi connectivity index (χ3v) is 10.7. The highest BCUT2D eigenvalue weighted by molar-refractivity contribution is 6.43. The normalized spacial score (nSPS) is 15.6. The van der Waals surface area contributed by atoms with Crippen LogP contribution in [0.25, 0.3) is 11.1 Å². The molecule has 2 aromatic carbocycles. The molecule has 11 N–H and O–H groups in total. The maximum atomic E-state index is 14.0. The molecule has 60 heavy (non-hydrogen) atoms. The molecule has 3 rings (SSSR count). The third-order valence-electron chi connectivity index (χ3n) is 10.7. The van der Waals surface area contributed by atoms with Crippen molar-refractivity contribution in [2.45, 2.75) is 134 Å². The predicted molar refractivity (Wildman–Crippen MR) is 232 cm³/mol. The highest BCUT2D eigenvalue weighted by Gasteiger charge is 2.39. The number of amides is 6. The maximum absolute atomic E-state index is 14.0. The molecular formula is C43H67BN8O8. The first-order valence-corrected chi connectivity index (χ1v) is 21.6. The second kappa shape index (κ2) is 26.4. The van der Waals surface area contributed by atoms with Crippen LogP contribution in [-0.4, -0.2) is 114 Å². The number of nitrogens with zero attached hydrogens (tertiary/aromatic N) is 1. The topological polar surface area (TPSA) is 258 Å². The summed E-state index contributed by atoms with van der Waals surface area (Å²) in [6.07, 6.45) is 7.18. The van der Waals surface area contributed by atoms with Crippen LogP contribution in [0.15, 0.2) is 48.5 Å². The molecule has 1 saturated heterocycles. The zero-order valence-corrected chi connectivity index (χ0v) is 35.5. The van der Waals surface area contributed by atoms with E-state index < -0.39 is 66.8 Å². The van der Waals surface area contributed by atoms with E-state index in [1.54, 1.807) is 19.1 Å². The predicted octanol–water partition coefficient (Wildman–Crippen LogP) is 1.45. The molecule has 17 heteroatoms. The van der Waals surface area contributed by atoms with Gasteiger partial charge in [0.15, 0.2) is 0 Å². The van der Waals surface area contributed by atoms with E-state index in [0.29, 0.717) is 63.6 Å². The van der Waals surface area contributed by atoms with Crippen molar-refractivity contribution in [1.82, 2.24) is 31.5 Å². The summed E-state index contributed by atoms with van der Waals surface area (Å²) in [5.41, 5.74) is 15.1. The van der Waals surface area contributed by atoms with Gasteiger partial charge in [-0.25, -0.2) is 0 Å². The number of likely N-dealkylation sites (tertiary alicyclic amines) is 1. The molecule has 0 saturated carbocycles. The van der Waals surface area contributed by atoms with Crippen LogP contribution in [0.2, 0.25) is 0 Å². The lowest BCUT2D eigenvalue weighted by atomic mass is 9.81. The number of nitrogens with two attached hydrogens (primary N) is 2. The van der Waals surface area contributed by atoms with Crippen molar-refractivity contribution in [3.63, 3.8) is 0 Å². The molecule has 0 aliphatic carbocycles. The summed E-state index contributed by atoms with van der Waals surface area (Å²) < 4.78 is 0. The Morgan fingerprint density at radius 2 is 1.37 bits per heavy atom. The Hall–Kier alpha value is -4.84. The third kappa shape index (κ3) is 16.0. The summed E-state index contributed by atoms with van der Waals surface area (Å²) in [5.74, 6) is -3.92. The van der Waals surface area contributed by atoms with Crippen LogP contribution in [-0.2, 0) is 30.4 Å². The number of carbonyl (C=O) groups excluding carboxylic acids is 6. The minimum Gasteiger partial charge on any atom is -0.426 e. The smallest absolute Gasteiger partial charge is 0.426 e. The van der Waals surface area contributed by atoms with E-state index in [1.807, 2.05) is 12.1 Å². The van der Waals surface area contributed by atoms with Gasteiger partial charge < -0.3 is 53.0 Å². The second-order valence-corrected chi connectivity index (χ2v) is 15.5. The van der Waals surface area contributed by atoms with Crippen molar-refractivity contribution < 1.29 is 38.8 Å². The highest BCUT2D eigenvalue weighted by Crippen LogP contribution is 2.22. The summed E-state index contributed by atoms with van der Waals surface area (Å²) in [7, 11) is -1.80. The first-order chi connectivity index (χ1) is 28.8. The van der Waals surface area contributed by atoms with Crippen molar-refractivity contribution in [2.75, 3.05) is 26.2 Å². The number of unbranched alkanes of at least 4 members (excludes halogenated alkanes) is 3. The highest BCUT2D eigenvalue weighted by atomic mass is 16.4. The molecule has 0 radical (unpaired) electrons. The number of aryl methyl sites for hydroxylation is 1. The van der Waals surface area contributed by atoms with Gasteiger partial charge in [-0.3, -0.25) is 28.8 Å². The van der Waals surface area contributed by atoms with Gasteiger partial charge in [-0.05, 0) is 119 Å². The monoisotopic (exact) mass is 835 g/mol. The van der Waals surface area contributed by atoms with Gasteiger partial charge in [0.2, 0.25) is 29.5 Å². The zero-order chi connectivity index (χ0) is 44.0. The average molecular weight is 835 g/mol. The quantitative estimate of drug-likeness (QED) is 0.0487. The molecule has 6 amide bonds. The van der Waals surface area contributed by atoms with Gasteiger partial charge in [0.05, 0.1) is 5.94 Å². The van der Waals surface area contributed by atoms with Crippen LogP contribution in [0.3, 0.4) is 0 Å². The Morgan fingerprint density at radius 1 is 0.767 bits per heavy atom. The molecule has 16 nitrogen and oxygen atoms in total. The van der Waals surface area contributed by atoms with Crippen LogP contribution in [0, 0.1) is 0 Å². The standard InChI is InChI=1S/C43H67BN8O8/c1-4-6-12-30-16-18-31(19-17-30)32-20-22-33(23-21-32)39(54)47-27-24-38(53)49-36(14-8-10-26-46)43(58)52-28-11-15-37(52)42(57)50-34(5-2)40(55)51-35(13-7-9-25-45)41(56)48-29(3)44(59)60/h16-23,29,34-37,59-60H,4-15,24-28,45-46H2,1-3H3,(H,47,54)(H,48,56)(H,49,53)(H,50,57)(H,51,55)/t29-,34-,35-,36-,37-/m0/s1. The molecular weight excluding hydrogens is 767 g/mol. The number of hydrogen-bond donors (Lipinski definition) is 9. The van der Waals surface area contributed by atoms with E-state index in [4.69, 9.17) is 11.5 Å². The minimum atomic E-state index is -1.80. The fraction of sp³-hybridized carbons (Fsp3) is 0.581. The largest absolute Gasteiger partial charge is 0.475 e. The molecule has 0 unspecified atom stereocenters. The number of nitrogens with one attached hydrogen (secondary N) is 5. The van der Waals surface area contributed by atoms with Crippen LogP contribution < -0.4 is 38.1 Å². The Morgan fingerprint density at radius 3 is 1.95 bits per heavy atom. The molecule has 1 aliphatic heterocycles. The lowest BCUT2D eigenvalue weighted by molar-refractivity contribution is -0.142. The van der Waals surface area contributed by atoms with Crippen LogP contribution in [0.1, 0.15) is 114 Å². The van der Waals surface area contributed by atoms with E-state index in [0.717, 1.165) is 30.4 Å². The first-order valence-electron chi connectivity index (χ1n) is 21.6. The van der Waals surface area contributed by atoms with Gasteiger partial charge >= 0.3 is 7.12 Å². The molecule has 1 fully saturated rings. The molecule has 330 valence electrons. The molecule has 5 atom stereocenters. The number of benzene rings is 2. The van der Waals surface area contributed by atoms with Gasteiger partial charge in [0.25, 0.3) is 5.91 Å². The van der Waals surface area contributed by atoms with E-state index in [1.165, 1.54) is 17.4 Å². The lowest BCUT2D eigenvalue weighted by Gasteiger charge is -2.30. The molecule has 0 spiro atoms. The molecule has 1 heterocycles. The second-order valence-electron chi connectivity index (χ2n) is 15.5. The number of rotatable bonds is 26. The van der Waals surface area contributed by atoms with E-state index >= 15 is 0 Å². The van der Waals surface area contributed by atoms with Crippen molar-refractivity contribution in [2.24, 2.45) is 11.5 Å². The van der Waals surface area contributed by atoms with E-state index in [-0.39, 0.29) is 38.3 Å². The number of hydrogen-bond acceptors (Lipinski definition) is 10. The fourth-order valence-electron chi connectivity index (χ4n) is 7.02. The Bertz CT molecular complexity index is 1680. The Kier molecular flexibility index (Phi) is 21.8. The van der Waals surface area contributed by atoms with Crippen molar-refractivity contribution >= 4 is 42.6 Å². The van der Waals surface area contributed by atoms with Crippen molar-refractivity contribution in [3.05, 3.63) is 59.7 Å². The van der Waals surface area contributed by atoms with Gasteiger partial charge in [-0.1, -0.05) is 56.7 Å². The van der Waals surface area contributed by atoms with E-state index in [9.17, 15) is 38.8 Å². The Balaban J connectivity index is 1.58. The fourth-order valence-corrected chi connectivity index (χ4v) is 7.02. The van der Waals surface area contributed by atoms with Crippen LogP contribution in [0.4, 0.5) is 0 Å². The molecule has 1 aliphatic rings. The van der Waals surface area contributed by atoms with Gasteiger partial charge in [-0.2, -0.15) is 0 Å². The summed E-state index contributed by atoms with van der Waals surface area (Å²) >= 11 is 0. The van der Waals surface area contributed by atoms with Gasteiger partial charge in [0.1, 0.15) is 24.2 Å². The van der Waals surface area contributed by atoms with Crippen molar-refractivity contribution in [3.8, 4) is 11.1 Å². The average Bonchev–Trinajstić information content (AvgIpc) is 3.74. The first kappa shape index (κ1) is 49.5. The minimum absolute atomic E-state index is 0.0442.